The minimum atomic E-state index is -0.502. The van der Waals surface area contributed by atoms with E-state index in [0.29, 0.717) is 17.7 Å². The van der Waals surface area contributed by atoms with Gasteiger partial charge >= 0.3 is 6.03 Å². The van der Waals surface area contributed by atoms with Crippen LogP contribution in [0.1, 0.15) is 36.7 Å². The van der Waals surface area contributed by atoms with Crippen LogP contribution in [0.15, 0.2) is 24.3 Å². The fraction of sp³-hybridized carbons (Fsp3) is 0.471. The summed E-state index contributed by atoms with van der Waals surface area (Å²) in [5.41, 5.74) is 6.49. The zero-order valence-electron chi connectivity index (χ0n) is 14.7. The molecule has 4 N–H and O–H groups in total. The van der Waals surface area contributed by atoms with E-state index in [1.165, 1.54) is 0 Å². The Morgan fingerprint density at radius 1 is 1.40 bits per heavy atom. The molecule has 0 spiro atoms. The van der Waals surface area contributed by atoms with Crippen LogP contribution in [0.2, 0.25) is 0 Å². The molecule has 25 heavy (non-hydrogen) atoms. The van der Waals surface area contributed by atoms with Crippen LogP contribution in [0.25, 0.3) is 0 Å². The van der Waals surface area contributed by atoms with Gasteiger partial charge in [-0.1, -0.05) is 26.0 Å². The predicted octanol–water partition coefficient (Wildman–Crippen LogP) is 1.26. The Labute approximate surface area is 153 Å². The second-order valence-corrected chi connectivity index (χ2v) is 6.57. The molecule has 0 bridgehead atoms. The van der Waals surface area contributed by atoms with Gasteiger partial charge in [0.1, 0.15) is 0 Å². The van der Waals surface area contributed by atoms with Crippen molar-refractivity contribution in [1.82, 2.24) is 15.5 Å². The summed E-state index contributed by atoms with van der Waals surface area (Å²) < 4.78 is 0. The molecule has 1 aromatic carbocycles. The molecule has 0 aliphatic carbocycles. The lowest BCUT2D eigenvalue weighted by molar-refractivity contribution is -0.125. The third-order valence-corrected chi connectivity index (χ3v) is 4.56. The number of hydrogen-bond donors (Lipinski definition) is 3. The average molecular weight is 369 g/mol. The highest BCUT2D eigenvalue weighted by Gasteiger charge is 2.30. The standard InChI is InChI=1S/C17H24N4O3.ClH/c1-11(2)17(3,10-18)20-15(23)13-6-4-5-12(7-13)9-21-14(22)8-19-16(21)24;/h4-7,11H,8-10,18H2,1-3H3,(H,19,24)(H,20,23);1H. The molecule has 1 aromatic rings. The number of nitrogens with one attached hydrogen (secondary N) is 2. The maximum atomic E-state index is 12.5. The third-order valence-electron chi connectivity index (χ3n) is 4.56. The van der Waals surface area contributed by atoms with Crippen LogP contribution in [0, 0.1) is 5.92 Å². The minimum Gasteiger partial charge on any atom is -0.345 e. The Hall–Kier alpha value is -2.12. The van der Waals surface area contributed by atoms with Gasteiger partial charge in [0.2, 0.25) is 5.91 Å². The van der Waals surface area contributed by atoms with Crippen LogP contribution in [0.5, 0.6) is 0 Å². The molecule has 0 aromatic heterocycles. The first-order valence-electron chi connectivity index (χ1n) is 7.96. The van der Waals surface area contributed by atoms with Crippen molar-refractivity contribution in [2.24, 2.45) is 11.7 Å². The number of hydrogen-bond acceptors (Lipinski definition) is 4. The fourth-order valence-corrected chi connectivity index (χ4v) is 2.37. The van der Waals surface area contributed by atoms with Gasteiger partial charge in [-0.15, -0.1) is 12.4 Å². The molecule has 1 unspecified atom stereocenters. The van der Waals surface area contributed by atoms with Crippen molar-refractivity contribution < 1.29 is 14.4 Å². The summed E-state index contributed by atoms with van der Waals surface area (Å²) in [6.45, 7) is 6.40. The van der Waals surface area contributed by atoms with Crippen molar-refractivity contribution >= 4 is 30.3 Å². The van der Waals surface area contributed by atoms with Crippen LogP contribution >= 0.6 is 12.4 Å². The lowest BCUT2D eigenvalue weighted by Crippen LogP contribution is -2.55. The van der Waals surface area contributed by atoms with E-state index in [9.17, 15) is 14.4 Å². The summed E-state index contributed by atoms with van der Waals surface area (Å²) in [6.07, 6.45) is 0. The molecule has 0 saturated carbocycles. The quantitative estimate of drug-likeness (QED) is 0.657. The smallest absolute Gasteiger partial charge is 0.324 e. The van der Waals surface area contributed by atoms with E-state index in [1.807, 2.05) is 20.8 Å². The lowest BCUT2D eigenvalue weighted by atomic mass is 9.88. The van der Waals surface area contributed by atoms with Gasteiger partial charge in [0, 0.05) is 12.1 Å². The number of halogens is 1. The molecule has 7 nitrogen and oxygen atoms in total. The maximum Gasteiger partial charge on any atom is 0.324 e. The summed E-state index contributed by atoms with van der Waals surface area (Å²) in [6, 6.07) is 6.48. The van der Waals surface area contributed by atoms with Gasteiger partial charge in [-0.2, -0.15) is 0 Å². The van der Waals surface area contributed by atoms with Gasteiger partial charge in [-0.3, -0.25) is 14.5 Å². The zero-order valence-corrected chi connectivity index (χ0v) is 15.5. The monoisotopic (exact) mass is 368 g/mol. The van der Waals surface area contributed by atoms with E-state index in [1.54, 1.807) is 24.3 Å². The summed E-state index contributed by atoms with van der Waals surface area (Å²) >= 11 is 0. The minimum absolute atomic E-state index is 0. The average Bonchev–Trinajstić information content (AvgIpc) is 2.86. The highest BCUT2D eigenvalue weighted by molar-refractivity contribution is 6.02. The SMILES string of the molecule is CC(C)C(C)(CN)NC(=O)c1cccc(CN2C(=O)CNC2=O)c1.Cl. The van der Waals surface area contributed by atoms with Crippen LogP contribution in [0.4, 0.5) is 4.79 Å². The second-order valence-electron chi connectivity index (χ2n) is 6.57. The molecule has 1 heterocycles. The first-order chi connectivity index (χ1) is 11.3. The van der Waals surface area contributed by atoms with Crippen LogP contribution in [0.3, 0.4) is 0 Å². The van der Waals surface area contributed by atoms with Gasteiger partial charge in [0.05, 0.1) is 18.6 Å². The summed E-state index contributed by atoms with van der Waals surface area (Å²) in [5.74, 6) is -0.318. The van der Waals surface area contributed by atoms with E-state index in [-0.39, 0.29) is 43.2 Å². The van der Waals surface area contributed by atoms with Crippen LogP contribution in [-0.4, -0.2) is 41.4 Å². The van der Waals surface area contributed by atoms with E-state index in [2.05, 4.69) is 10.6 Å². The number of carbonyl (C=O) groups is 3. The van der Waals surface area contributed by atoms with Gasteiger partial charge in [-0.25, -0.2) is 4.79 Å². The van der Waals surface area contributed by atoms with E-state index < -0.39 is 11.6 Å². The molecule has 8 heteroatoms. The topological polar surface area (TPSA) is 105 Å². The second kappa shape index (κ2) is 8.31. The van der Waals surface area contributed by atoms with Crippen LogP contribution in [-0.2, 0) is 11.3 Å². The molecule has 2 rings (SSSR count). The summed E-state index contributed by atoms with van der Waals surface area (Å²) in [4.78, 5) is 36.9. The summed E-state index contributed by atoms with van der Waals surface area (Å²) in [7, 11) is 0. The van der Waals surface area contributed by atoms with Gasteiger partial charge in [0.15, 0.2) is 0 Å². The molecular weight excluding hydrogens is 344 g/mol. The Balaban J connectivity index is 0.00000312. The molecule has 1 atom stereocenters. The largest absolute Gasteiger partial charge is 0.345 e. The molecule has 1 fully saturated rings. The number of carbonyl (C=O) groups excluding carboxylic acids is 3. The Bertz CT molecular complexity index is 649. The van der Waals surface area contributed by atoms with E-state index in [4.69, 9.17) is 5.73 Å². The number of nitrogens with zero attached hydrogens (tertiary/aromatic N) is 1. The molecule has 138 valence electrons. The van der Waals surface area contributed by atoms with Crippen molar-refractivity contribution in [3.8, 4) is 0 Å². The van der Waals surface area contributed by atoms with Gasteiger partial charge in [0.25, 0.3) is 5.91 Å². The summed E-state index contributed by atoms with van der Waals surface area (Å²) in [5, 5.41) is 5.45. The number of rotatable bonds is 6. The van der Waals surface area contributed by atoms with Crippen molar-refractivity contribution in [3.63, 3.8) is 0 Å². The first kappa shape index (κ1) is 20.9. The van der Waals surface area contributed by atoms with Crippen molar-refractivity contribution in [2.75, 3.05) is 13.1 Å². The fourth-order valence-electron chi connectivity index (χ4n) is 2.37. The molecule has 1 aliphatic heterocycles. The molecular formula is C17H25ClN4O3. The molecule has 4 amide bonds. The van der Waals surface area contributed by atoms with Crippen molar-refractivity contribution in [2.45, 2.75) is 32.9 Å². The molecule has 1 aliphatic rings. The van der Waals surface area contributed by atoms with E-state index in [0.717, 1.165) is 4.90 Å². The first-order valence-corrected chi connectivity index (χ1v) is 7.96. The molecule has 1 saturated heterocycles. The lowest BCUT2D eigenvalue weighted by Gasteiger charge is -2.33. The number of benzene rings is 1. The number of nitrogens with two attached hydrogens (primary N) is 1. The maximum absolute atomic E-state index is 12.5. The Morgan fingerprint density at radius 2 is 2.08 bits per heavy atom. The van der Waals surface area contributed by atoms with Crippen molar-refractivity contribution in [1.29, 1.82) is 0 Å². The Morgan fingerprint density at radius 3 is 2.60 bits per heavy atom. The molecule has 0 radical (unpaired) electrons. The van der Waals surface area contributed by atoms with Crippen molar-refractivity contribution in [3.05, 3.63) is 35.4 Å². The van der Waals surface area contributed by atoms with Crippen LogP contribution < -0.4 is 16.4 Å². The van der Waals surface area contributed by atoms with Gasteiger partial charge < -0.3 is 16.4 Å². The normalized spacial score (nSPS) is 16.3. The number of imide groups is 1. The predicted molar refractivity (Wildman–Crippen MR) is 97.4 cm³/mol. The highest BCUT2D eigenvalue weighted by atomic mass is 35.5. The number of urea groups is 1. The third kappa shape index (κ3) is 4.70. The van der Waals surface area contributed by atoms with Gasteiger partial charge in [-0.05, 0) is 30.5 Å². The Kier molecular flexibility index (Phi) is 6.96. The highest BCUT2D eigenvalue weighted by Crippen LogP contribution is 2.17. The number of amides is 4. The zero-order chi connectivity index (χ0) is 17.9. The van der Waals surface area contributed by atoms with E-state index >= 15 is 0 Å².